The van der Waals surface area contributed by atoms with Gasteiger partial charge < -0.3 is 14.8 Å². The molecule has 0 fully saturated rings. The number of hydrogen-bond donors (Lipinski definition) is 1. The summed E-state index contributed by atoms with van der Waals surface area (Å²) in [6, 6.07) is 16.0. The largest absolute Gasteiger partial charge is 0.490 e. The lowest BCUT2D eigenvalue weighted by molar-refractivity contribution is -0.121. The van der Waals surface area contributed by atoms with E-state index in [1.165, 1.54) is 5.56 Å². The average molecular weight is 325 g/mol. The summed E-state index contributed by atoms with van der Waals surface area (Å²) in [5.74, 6) is 1.58. The molecule has 4 nitrogen and oxygen atoms in total. The molecule has 0 aromatic heterocycles. The van der Waals surface area contributed by atoms with Crippen LogP contribution in [0, 0.1) is 0 Å². The average Bonchev–Trinajstić information content (AvgIpc) is 2.86. The standard InChI is InChI=1S/C20H23NO3/c1-2-20(22)21-17(13-15-7-4-3-5-8-15)16-9-10-18-19(14-16)24-12-6-11-23-18/h3-5,7-10,14,17H,2,6,11-13H2,1H3,(H,21,22)/t17-/m0/s1. The predicted octanol–water partition coefficient (Wildman–Crippen LogP) is 3.66. The van der Waals surface area contributed by atoms with Gasteiger partial charge in [0.25, 0.3) is 0 Å². The fourth-order valence-corrected chi connectivity index (χ4v) is 2.80. The summed E-state index contributed by atoms with van der Waals surface area (Å²) in [5.41, 5.74) is 2.22. The summed E-state index contributed by atoms with van der Waals surface area (Å²) < 4.78 is 11.5. The fourth-order valence-electron chi connectivity index (χ4n) is 2.80. The van der Waals surface area contributed by atoms with Gasteiger partial charge in [0.15, 0.2) is 11.5 Å². The van der Waals surface area contributed by atoms with Crippen molar-refractivity contribution in [2.45, 2.75) is 32.2 Å². The van der Waals surface area contributed by atoms with E-state index in [4.69, 9.17) is 9.47 Å². The lowest BCUT2D eigenvalue weighted by atomic mass is 9.98. The van der Waals surface area contributed by atoms with E-state index >= 15 is 0 Å². The highest BCUT2D eigenvalue weighted by molar-refractivity contribution is 5.76. The van der Waals surface area contributed by atoms with E-state index in [2.05, 4.69) is 17.4 Å². The molecule has 0 saturated heterocycles. The van der Waals surface area contributed by atoms with Crippen LogP contribution >= 0.6 is 0 Å². The molecule has 1 atom stereocenters. The van der Waals surface area contributed by atoms with Crippen molar-refractivity contribution in [1.29, 1.82) is 0 Å². The molecule has 1 N–H and O–H groups in total. The number of ether oxygens (including phenoxy) is 2. The van der Waals surface area contributed by atoms with E-state index in [1.807, 2.05) is 43.3 Å². The molecule has 126 valence electrons. The van der Waals surface area contributed by atoms with Crippen LogP contribution < -0.4 is 14.8 Å². The van der Waals surface area contributed by atoms with Gasteiger partial charge in [0.05, 0.1) is 19.3 Å². The molecule has 0 spiro atoms. The van der Waals surface area contributed by atoms with Crippen molar-refractivity contribution in [3.63, 3.8) is 0 Å². The summed E-state index contributed by atoms with van der Waals surface area (Å²) in [7, 11) is 0. The second-order valence-electron chi connectivity index (χ2n) is 5.92. The Balaban J connectivity index is 1.86. The van der Waals surface area contributed by atoms with Gasteiger partial charge in [-0.05, 0) is 29.7 Å². The summed E-state index contributed by atoms with van der Waals surface area (Å²) in [4.78, 5) is 12.0. The zero-order chi connectivity index (χ0) is 16.8. The maximum atomic E-state index is 12.0. The Morgan fingerprint density at radius 3 is 2.58 bits per heavy atom. The predicted molar refractivity (Wildman–Crippen MR) is 93.4 cm³/mol. The van der Waals surface area contributed by atoms with Crippen LogP contribution in [0.2, 0.25) is 0 Å². The van der Waals surface area contributed by atoms with Crippen LogP contribution in [0.15, 0.2) is 48.5 Å². The Kier molecular flexibility index (Phi) is 5.36. The van der Waals surface area contributed by atoms with Crippen molar-refractivity contribution in [3.05, 3.63) is 59.7 Å². The first-order valence-corrected chi connectivity index (χ1v) is 8.49. The number of rotatable bonds is 5. The van der Waals surface area contributed by atoms with Gasteiger partial charge in [-0.2, -0.15) is 0 Å². The lowest BCUT2D eigenvalue weighted by Gasteiger charge is -2.20. The summed E-state index contributed by atoms with van der Waals surface area (Å²) in [5, 5.41) is 3.12. The Morgan fingerprint density at radius 1 is 1.08 bits per heavy atom. The molecule has 24 heavy (non-hydrogen) atoms. The topological polar surface area (TPSA) is 47.6 Å². The number of nitrogens with one attached hydrogen (secondary N) is 1. The van der Waals surface area contributed by atoms with Crippen molar-refractivity contribution in [3.8, 4) is 11.5 Å². The maximum absolute atomic E-state index is 12.0. The van der Waals surface area contributed by atoms with Gasteiger partial charge in [0.2, 0.25) is 5.91 Å². The molecule has 0 radical (unpaired) electrons. The van der Waals surface area contributed by atoms with Crippen molar-refractivity contribution in [1.82, 2.24) is 5.32 Å². The number of carbonyl (C=O) groups is 1. The molecule has 0 saturated carbocycles. The number of amides is 1. The Morgan fingerprint density at radius 2 is 1.83 bits per heavy atom. The third-order valence-electron chi connectivity index (χ3n) is 4.11. The Hall–Kier alpha value is -2.49. The number of fused-ring (bicyclic) bond motifs is 1. The summed E-state index contributed by atoms with van der Waals surface area (Å²) in [6.07, 6.45) is 2.09. The molecule has 0 aliphatic carbocycles. The summed E-state index contributed by atoms with van der Waals surface area (Å²) in [6.45, 7) is 3.19. The highest BCUT2D eigenvalue weighted by atomic mass is 16.5. The highest BCUT2D eigenvalue weighted by Crippen LogP contribution is 2.33. The normalized spacial score (nSPS) is 14.5. The SMILES string of the molecule is CCC(=O)N[C@@H](Cc1ccccc1)c1ccc2c(c1)OCCCO2. The van der Waals surface area contributed by atoms with E-state index in [-0.39, 0.29) is 11.9 Å². The monoisotopic (exact) mass is 325 g/mol. The minimum atomic E-state index is -0.0861. The molecule has 0 unspecified atom stereocenters. The molecular formula is C20H23NO3. The zero-order valence-electron chi connectivity index (χ0n) is 14.0. The van der Waals surface area contributed by atoms with Gasteiger partial charge in [-0.25, -0.2) is 0 Å². The molecule has 2 aromatic carbocycles. The van der Waals surface area contributed by atoms with Gasteiger partial charge in [-0.3, -0.25) is 4.79 Å². The van der Waals surface area contributed by atoms with Crippen molar-refractivity contribution >= 4 is 5.91 Å². The van der Waals surface area contributed by atoms with Crippen molar-refractivity contribution in [2.24, 2.45) is 0 Å². The van der Waals surface area contributed by atoms with Crippen LogP contribution in [0.3, 0.4) is 0 Å². The Labute approximate surface area is 142 Å². The van der Waals surface area contributed by atoms with Crippen LogP contribution in [0.1, 0.15) is 36.9 Å². The van der Waals surface area contributed by atoms with Crippen LogP contribution in [-0.4, -0.2) is 19.1 Å². The third-order valence-corrected chi connectivity index (χ3v) is 4.11. The van der Waals surface area contributed by atoms with Gasteiger partial charge in [-0.15, -0.1) is 0 Å². The zero-order valence-corrected chi connectivity index (χ0v) is 14.0. The van der Waals surface area contributed by atoms with Crippen LogP contribution in [0.4, 0.5) is 0 Å². The lowest BCUT2D eigenvalue weighted by Crippen LogP contribution is -2.29. The van der Waals surface area contributed by atoms with E-state index in [1.54, 1.807) is 0 Å². The van der Waals surface area contributed by atoms with Gasteiger partial charge in [0.1, 0.15) is 0 Å². The van der Waals surface area contributed by atoms with E-state index in [9.17, 15) is 4.79 Å². The molecule has 4 heteroatoms. The van der Waals surface area contributed by atoms with Crippen LogP contribution in [0.5, 0.6) is 11.5 Å². The molecule has 0 bridgehead atoms. The van der Waals surface area contributed by atoms with E-state index in [0.29, 0.717) is 19.6 Å². The molecule has 1 heterocycles. The number of hydrogen-bond acceptors (Lipinski definition) is 3. The number of benzene rings is 2. The smallest absolute Gasteiger partial charge is 0.220 e. The van der Waals surface area contributed by atoms with Gasteiger partial charge >= 0.3 is 0 Å². The Bertz CT molecular complexity index is 685. The van der Waals surface area contributed by atoms with Gasteiger partial charge in [0, 0.05) is 12.8 Å². The van der Waals surface area contributed by atoms with Gasteiger partial charge in [-0.1, -0.05) is 43.3 Å². The van der Waals surface area contributed by atoms with Crippen molar-refractivity contribution in [2.75, 3.05) is 13.2 Å². The molecule has 1 aliphatic heterocycles. The van der Waals surface area contributed by atoms with E-state index in [0.717, 1.165) is 29.9 Å². The molecule has 1 aliphatic rings. The van der Waals surface area contributed by atoms with Crippen LogP contribution in [-0.2, 0) is 11.2 Å². The second-order valence-corrected chi connectivity index (χ2v) is 5.92. The van der Waals surface area contributed by atoms with Crippen molar-refractivity contribution < 1.29 is 14.3 Å². The third kappa shape index (κ3) is 4.07. The number of carbonyl (C=O) groups excluding carboxylic acids is 1. The first kappa shape index (κ1) is 16.4. The molecule has 1 amide bonds. The maximum Gasteiger partial charge on any atom is 0.220 e. The first-order chi connectivity index (χ1) is 11.8. The molecule has 2 aromatic rings. The molecule has 3 rings (SSSR count). The fraction of sp³-hybridized carbons (Fsp3) is 0.350. The quantitative estimate of drug-likeness (QED) is 0.912. The summed E-state index contributed by atoms with van der Waals surface area (Å²) >= 11 is 0. The highest BCUT2D eigenvalue weighted by Gasteiger charge is 2.18. The van der Waals surface area contributed by atoms with Crippen LogP contribution in [0.25, 0.3) is 0 Å². The molecular weight excluding hydrogens is 302 g/mol. The second kappa shape index (κ2) is 7.86. The van der Waals surface area contributed by atoms with E-state index < -0.39 is 0 Å². The minimum absolute atomic E-state index is 0.0445. The minimum Gasteiger partial charge on any atom is -0.490 e. The first-order valence-electron chi connectivity index (χ1n) is 8.49.